The molecular weight excluding hydrogens is 372 g/mol. The molecule has 1 aliphatic carbocycles. The fourth-order valence-corrected chi connectivity index (χ4v) is 3.79. The molecule has 0 radical (unpaired) electrons. The van der Waals surface area contributed by atoms with Crippen LogP contribution in [0.2, 0.25) is 0 Å². The SMILES string of the molecule is Cc1ccccc1CCNC(=O)COC(=O)CCN1C(=O)[C@@H]2CC=CC[C@H]2C1=O. The van der Waals surface area contributed by atoms with E-state index in [2.05, 4.69) is 5.32 Å². The minimum atomic E-state index is -0.604. The van der Waals surface area contributed by atoms with E-state index in [1.165, 1.54) is 0 Å². The Labute approximate surface area is 170 Å². The van der Waals surface area contributed by atoms with Crippen LogP contribution in [0.15, 0.2) is 36.4 Å². The first-order chi connectivity index (χ1) is 14.0. The Morgan fingerprint density at radius 3 is 2.41 bits per heavy atom. The third-order valence-electron chi connectivity index (χ3n) is 5.48. The number of amides is 3. The second-order valence-electron chi connectivity index (χ2n) is 7.42. The van der Waals surface area contributed by atoms with Crippen LogP contribution in [0.25, 0.3) is 0 Å². The van der Waals surface area contributed by atoms with Gasteiger partial charge in [-0.1, -0.05) is 36.4 Å². The van der Waals surface area contributed by atoms with E-state index in [1.54, 1.807) is 0 Å². The molecule has 7 heteroatoms. The molecule has 1 aromatic carbocycles. The van der Waals surface area contributed by atoms with Gasteiger partial charge in [-0.05, 0) is 37.3 Å². The zero-order chi connectivity index (χ0) is 20.8. The van der Waals surface area contributed by atoms with Crippen LogP contribution in [0, 0.1) is 18.8 Å². The van der Waals surface area contributed by atoms with Crippen LogP contribution < -0.4 is 5.32 Å². The number of likely N-dealkylation sites (tertiary alicyclic amines) is 1. The largest absolute Gasteiger partial charge is 0.456 e. The van der Waals surface area contributed by atoms with E-state index in [4.69, 9.17) is 4.74 Å². The lowest BCUT2D eigenvalue weighted by molar-refractivity contribution is -0.149. The molecule has 3 amide bonds. The Hall–Kier alpha value is -2.96. The van der Waals surface area contributed by atoms with Gasteiger partial charge in [0.05, 0.1) is 18.3 Å². The van der Waals surface area contributed by atoms with Gasteiger partial charge in [0, 0.05) is 13.1 Å². The molecule has 1 N–H and O–H groups in total. The Morgan fingerprint density at radius 2 is 1.76 bits per heavy atom. The number of esters is 1. The van der Waals surface area contributed by atoms with Crippen molar-refractivity contribution in [1.82, 2.24) is 10.2 Å². The molecule has 2 atom stereocenters. The van der Waals surface area contributed by atoms with Crippen molar-refractivity contribution in [2.24, 2.45) is 11.8 Å². The first-order valence-corrected chi connectivity index (χ1v) is 9.94. The number of fused-ring (bicyclic) bond motifs is 1. The number of imide groups is 1. The number of ether oxygens (including phenoxy) is 1. The minimum absolute atomic E-state index is 0.00158. The predicted molar refractivity (Wildman–Crippen MR) is 106 cm³/mol. The molecule has 1 fully saturated rings. The van der Waals surface area contributed by atoms with Crippen LogP contribution in [-0.4, -0.2) is 48.3 Å². The van der Waals surface area contributed by atoms with Crippen molar-refractivity contribution in [2.45, 2.75) is 32.6 Å². The summed E-state index contributed by atoms with van der Waals surface area (Å²) in [4.78, 5) is 49.6. The average molecular weight is 398 g/mol. The summed E-state index contributed by atoms with van der Waals surface area (Å²) in [6.45, 7) is 2.09. The highest BCUT2D eigenvalue weighted by molar-refractivity contribution is 6.05. The summed E-state index contributed by atoms with van der Waals surface area (Å²) >= 11 is 0. The number of rotatable bonds is 8. The van der Waals surface area contributed by atoms with E-state index in [-0.39, 0.29) is 49.1 Å². The molecule has 29 heavy (non-hydrogen) atoms. The number of carbonyl (C=O) groups excluding carboxylic acids is 4. The molecule has 0 saturated carbocycles. The Bertz CT molecular complexity index is 806. The van der Waals surface area contributed by atoms with Crippen molar-refractivity contribution in [3.8, 4) is 0 Å². The van der Waals surface area contributed by atoms with Crippen LogP contribution >= 0.6 is 0 Å². The molecule has 1 aromatic rings. The topological polar surface area (TPSA) is 92.8 Å². The van der Waals surface area contributed by atoms with Gasteiger partial charge in [-0.15, -0.1) is 0 Å². The number of hydrogen-bond acceptors (Lipinski definition) is 5. The summed E-state index contributed by atoms with van der Waals surface area (Å²) in [6, 6.07) is 7.94. The number of nitrogens with zero attached hydrogens (tertiary/aromatic N) is 1. The van der Waals surface area contributed by atoms with Crippen molar-refractivity contribution < 1.29 is 23.9 Å². The van der Waals surface area contributed by atoms with Gasteiger partial charge >= 0.3 is 5.97 Å². The molecule has 0 bridgehead atoms. The molecule has 2 aliphatic rings. The predicted octanol–water partition coefficient (Wildman–Crippen LogP) is 1.54. The van der Waals surface area contributed by atoms with Crippen molar-refractivity contribution in [2.75, 3.05) is 19.7 Å². The molecule has 7 nitrogen and oxygen atoms in total. The third-order valence-corrected chi connectivity index (χ3v) is 5.48. The quantitative estimate of drug-likeness (QED) is 0.407. The van der Waals surface area contributed by atoms with Crippen LogP contribution in [0.3, 0.4) is 0 Å². The maximum atomic E-state index is 12.3. The lowest BCUT2D eigenvalue weighted by atomic mass is 9.85. The Balaban J connectivity index is 1.35. The second kappa shape index (κ2) is 9.49. The molecule has 154 valence electrons. The first kappa shape index (κ1) is 20.8. The molecule has 1 saturated heterocycles. The van der Waals surface area contributed by atoms with Crippen molar-refractivity contribution in [3.05, 3.63) is 47.5 Å². The molecule has 0 unspecified atom stereocenters. The molecule has 0 spiro atoms. The fraction of sp³-hybridized carbons (Fsp3) is 0.455. The van der Waals surface area contributed by atoms with E-state index >= 15 is 0 Å². The maximum Gasteiger partial charge on any atom is 0.308 e. The second-order valence-corrected chi connectivity index (χ2v) is 7.42. The van der Waals surface area contributed by atoms with Crippen molar-refractivity contribution in [1.29, 1.82) is 0 Å². The summed E-state index contributed by atoms with van der Waals surface area (Å²) in [7, 11) is 0. The van der Waals surface area contributed by atoms with Gasteiger partial charge in [0.25, 0.3) is 5.91 Å². The van der Waals surface area contributed by atoms with Crippen LogP contribution in [-0.2, 0) is 30.3 Å². The van der Waals surface area contributed by atoms with Gasteiger partial charge in [-0.25, -0.2) is 0 Å². The van der Waals surface area contributed by atoms with Crippen molar-refractivity contribution in [3.63, 3.8) is 0 Å². The minimum Gasteiger partial charge on any atom is -0.456 e. The van der Waals surface area contributed by atoms with Gasteiger partial charge < -0.3 is 10.1 Å². The van der Waals surface area contributed by atoms with Gasteiger partial charge in [0.2, 0.25) is 11.8 Å². The third kappa shape index (κ3) is 5.10. The Kier molecular flexibility index (Phi) is 6.80. The summed E-state index contributed by atoms with van der Waals surface area (Å²) in [5, 5.41) is 2.72. The zero-order valence-electron chi connectivity index (χ0n) is 16.6. The average Bonchev–Trinajstić information content (AvgIpc) is 2.97. The van der Waals surface area contributed by atoms with E-state index in [0.717, 1.165) is 16.0 Å². The first-order valence-electron chi connectivity index (χ1n) is 9.94. The number of allylic oxidation sites excluding steroid dienone is 2. The van der Waals surface area contributed by atoms with Gasteiger partial charge in [0.1, 0.15) is 0 Å². The van der Waals surface area contributed by atoms with E-state index in [9.17, 15) is 19.2 Å². The lowest BCUT2D eigenvalue weighted by Crippen LogP contribution is -2.34. The van der Waals surface area contributed by atoms with Crippen LogP contribution in [0.1, 0.15) is 30.4 Å². The number of benzene rings is 1. The normalized spacial score (nSPS) is 20.5. The number of hydrogen-bond donors (Lipinski definition) is 1. The lowest BCUT2D eigenvalue weighted by Gasteiger charge is -2.14. The van der Waals surface area contributed by atoms with E-state index < -0.39 is 5.97 Å². The van der Waals surface area contributed by atoms with Crippen LogP contribution in [0.4, 0.5) is 0 Å². The summed E-state index contributed by atoms with van der Waals surface area (Å²) in [5.74, 6) is -2.02. The molecule has 3 rings (SSSR count). The maximum absolute atomic E-state index is 12.3. The number of carbonyl (C=O) groups is 4. The van der Waals surface area contributed by atoms with Crippen molar-refractivity contribution >= 4 is 23.7 Å². The smallest absolute Gasteiger partial charge is 0.308 e. The summed E-state index contributed by atoms with van der Waals surface area (Å²) < 4.78 is 4.97. The Morgan fingerprint density at radius 1 is 1.10 bits per heavy atom. The van der Waals surface area contributed by atoms with Gasteiger partial charge in [-0.2, -0.15) is 0 Å². The van der Waals surface area contributed by atoms with Gasteiger partial charge in [0.15, 0.2) is 6.61 Å². The zero-order valence-corrected chi connectivity index (χ0v) is 16.6. The molecule has 1 heterocycles. The fourth-order valence-electron chi connectivity index (χ4n) is 3.79. The molecule has 1 aliphatic heterocycles. The number of aryl methyl sites for hydroxylation is 1. The van der Waals surface area contributed by atoms with Gasteiger partial charge in [-0.3, -0.25) is 24.1 Å². The molecule has 0 aromatic heterocycles. The summed E-state index contributed by atoms with van der Waals surface area (Å²) in [6.07, 6.45) is 5.56. The van der Waals surface area contributed by atoms with Crippen LogP contribution in [0.5, 0.6) is 0 Å². The standard InChI is InChI=1S/C22H26N2O5/c1-15-6-2-3-7-16(15)10-12-23-19(25)14-29-20(26)11-13-24-21(27)17-8-4-5-9-18(17)22(24)28/h2-7,17-18H,8-14H2,1H3,(H,23,25)/t17-,18-/m1/s1. The van der Waals surface area contributed by atoms with E-state index in [1.807, 2.05) is 43.3 Å². The monoisotopic (exact) mass is 398 g/mol. The highest BCUT2D eigenvalue weighted by Crippen LogP contribution is 2.34. The van der Waals surface area contributed by atoms with E-state index in [0.29, 0.717) is 25.8 Å². The highest BCUT2D eigenvalue weighted by atomic mass is 16.5. The summed E-state index contributed by atoms with van der Waals surface area (Å²) in [5.41, 5.74) is 2.32. The number of nitrogens with one attached hydrogen (secondary N) is 1. The highest BCUT2D eigenvalue weighted by Gasteiger charge is 2.46. The molecular formula is C22H26N2O5.